The van der Waals surface area contributed by atoms with Crippen molar-refractivity contribution in [3.8, 4) is 0 Å². The van der Waals surface area contributed by atoms with Gasteiger partial charge in [-0.05, 0) is 37.6 Å². The van der Waals surface area contributed by atoms with Crippen LogP contribution in [-0.2, 0) is 4.79 Å². The minimum Gasteiger partial charge on any atom is -0.292 e. The van der Waals surface area contributed by atoms with E-state index < -0.39 is 0 Å². The average molecular weight is 245 g/mol. The van der Waals surface area contributed by atoms with E-state index in [4.69, 9.17) is 0 Å². The monoisotopic (exact) mass is 245 g/mol. The molecule has 1 fully saturated rings. The van der Waals surface area contributed by atoms with E-state index in [9.17, 15) is 9.59 Å². The molecule has 0 N–H and O–H groups in total. The maximum absolute atomic E-state index is 12.2. The first kappa shape index (κ1) is 12.3. The molecule has 1 saturated heterocycles. The zero-order valence-electron chi connectivity index (χ0n) is 10.6. The van der Waals surface area contributed by atoms with Crippen molar-refractivity contribution in [2.24, 2.45) is 0 Å². The zero-order chi connectivity index (χ0) is 13.3. The molecule has 0 saturated carbocycles. The molecule has 1 aromatic rings. The third-order valence-corrected chi connectivity index (χ3v) is 2.82. The highest BCUT2D eigenvalue weighted by Gasteiger charge is 2.39. The van der Waals surface area contributed by atoms with Crippen molar-refractivity contribution in [1.82, 2.24) is 14.8 Å². The van der Waals surface area contributed by atoms with Crippen LogP contribution in [0.25, 0.3) is 6.08 Å². The predicted octanol–water partition coefficient (Wildman–Crippen LogP) is 1.72. The number of hydrogen-bond acceptors (Lipinski definition) is 3. The molecule has 1 aliphatic rings. The SMILES string of the molecule is CC(C)N1C(=O)C(=Cc2ccncc2)N(C)C1=O. The molecule has 1 aliphatic heterocycles. The summed E-state index contributed by atoms with van der Waals surface area (Å²) in [7, 11) is 1.61. The van der Waals surface area contributed by atoms with Crippen molar-refractivity contribution in [3.05, 3.63) is 35.8 Å². The Balaban J connectivity index is 2.38. The standard InChI is InChI=1S/C13H15N3O2/c1-9(2)16-12(17)11(15(3)13(16)18)8-10-4-6-14-7-5-10/h4-9H,1-3H3. The highest BCUT2D eigenvalue weighted by Crippen LogP contribution is 2.23. The van der Waals surface area contributed by atoms with Crippen LogP contribution in [0.1, 0.15) is 19.4 Å². The van der Waals surface area contributed by atoms with Gasteiger partial charge < -0.3 is 0 Å². The maximum atomic E-state index is 12.2. The van der Waals surface area contributed by atoms with E-state index in [1.165, 1.54) is 9.80 Å². The summed E-state index contributed by atoms with van der Waals surface area (Å²) in [5.41, 5.74) is 1.23. The fourth-order valence-electron chi connectivity index (χ4n) is 1.85. The second-order valence-corrected chi connectivity index (χ2v) is 4.42. The van der Waals surface area contributed by atoms with E-state index >= 15 is 0 Å². The number of hydrogen-bond donors (Lipinski definition) is 0. The molecule has 0 bridgehead atoms. The summed E-state index contributed by atoms with van der Waals surface area (Å²) in [5.74, 6) is -0.255. The highest BCUT2D eigenvalue weighted by molar-refractivity contribution is 6.14. The average Bonchev–Trinajstić information content (AvgIpc) is 2.55. The van der Waals surface area contributed by atoms with Gasteiger partial charge in [0.1, 0.15) is 5.70 Å². The van der Waals surface area contributed by atoms with Crippen molar-refractivity contribution < 1.29 is 9.59 Å². The number of urea groups is 1. The van der Waals surface area contributed by atoms with Crippen LogP contribution in [0.3, 0.4) is 0 Å². The summed E-state index contributed by atoms with van der Waals surface area (Å²) in [6.07, 6.45) is 4.99. The molecule has 0 atom stereocenters. The van der Waals surface area contributed by atoms with Gasteiger partial charge in [0.25, 0.3) is 5.91 Å². The van der Waals surface area contributed by atoms with Gasteiger partial charge in [0.15, 0.2) is 0 Å². The molecule has 2 rings (SSSR count). The quantitative estimate of drug-likeness (QED) is 0.589. The second kappa shape index (κ2) is 4.60. The lowest BCUT2D eigenvalue weighted by Gasteiger charge is -2.16. The van der Waals surface area contributed by atoms with Gasteiger partial charge >= 0.3 is 6.03 Å². The Morgan fingerprint density at radius 3 is 2.33 bits per heavy atom. The summed E-state index contributed by atoms with van der Waals surface area (Å²) in [4.78, 5) is 30.6. The molecule has 1 aromatic heterocycles. The molecule has 2 heterocycles. The maximum Gasteiger partial charge on any atom is 0.331 e. The van der Waals surface area contributed by atoms with E-state index in [-0.39, 0.29) is 18.0 Å². The summed E-state index contributed by atoms with van der Waals surface area (Å²) < 4.78 is 0. The summed E-state index contributed by atoms with van der Waals surface area (Å²) in [6, 6.07) is 3.15. The fraction of sp³-hybridized carbons (Fsp3) is 0.308. The first-order valence-corrected chi connectivity index (χ1v) is 5.75. The summed E-state index contributed by atoms with van der Waals surface area (Å²) >= 11 is 0. The molecular weight excluding hydrogens is 230 g/mol. The van der Waals surface area contributed by atoms with Gasteiger partial charge in [0.05, 0.1) is 0 Å². The van der Waals surface area contributed by atoms with Crippen LogP contribution in [0.5, 0.6) is 0 Å². The van der Waals surface area contributed by atoms with Gasteiger partial charge in [0.2, 0.25) is 0 Å². The predicted molar refractivity (Wildman–Crippen MR) is 67.4 cm³/mol. The molecule has 0 unspecified atom stereocenters. The van der Waals surface area contributed by atoms with E-state index in [0.717, 1.165) is 5.56 Å². The smallest absolute Gasteiger partial charge is 0.292 e. The lowest BCUT2D eigenvalue weighted by Crippen LogP contribution is -2.37. The van der Waals surface area contributed by atoms with Gasteiger partial charge in [-0.15, -0.1) is 0 Å². The lowest BCUT2D eigenvalue weighted by atomic mass is 10.2. The van der Waals surface area contributed by atoms with Gasteiger partial charge in [-0.1, -0.05) is 0 Å². The molecule has 0 radical (unpaired) electrons. The molecular formula is C13H15N3O2. The first-order chi connectivity index (χ1) is 8.52. The third-order valence-electron chi connectivity index (χ3n) is 2.82. The van der Waals surface area contributed by atoms with E-state index in [1.807, 2.05) is 13.8 Å². The van der Waals surface area contributed by atoms with Gasteiger partial charge in [0, 0.05) is 25.5 Å². The Morgan fingerprint density at radius 1 is 1.22 bits per heavy atom. The highest BCUT2D eigenvalue weighted by atomic mass is 16.2. The number of nitrogens with zero attached hydrogens (tertiary/aromatic N) is 3. The van der Waals surface area contributed by atoms with Crippen molar-refractivity contribution >= 4 is 18.0 Å². The number of carbonyl (C=O) groups is 2. The molecule has 5 heteroatoms. The third kappa shape index (κ3) is 1.99. The number of amides is 3. The van der Waals surface area contributed by atoms with Crippen LogP contribution in [0.4, 0.5) is 4.79 Å². The lowest BCUT2D eigenvalue weighted by molar-refractivity contribution is -0.124. The molecule has 3 amide bonds. The number of imide groups is 1. The fourth-order valence-corrected chi connectivity index (χ4v) is 1.85. The van der Waals surface area contributed by atoms with Gasteiger partial charge in [-0.3, -0.25) is 19.6 Å². The Morgan fingerprint density at radius 2 is 1.83 bits per heavy atom. The molecule has 0 aliphatic carbocycles. The van der Waals surface area contributed by atoms with Crippen molar-refractivity contribution in [3.63, 3.8) is 0 Å². The number of carbonyl (C=O) groups excluding carboxylic acids is 2. The number of likely N-dealkylation sites (N-methyl/N-ethyl adjacent to an activating group) is 1. The Bertz CT molecular complexity index is 508. The number of aromatic nitrogens is 1. The Hall–Kier alpha value is -2.17. The van der Waals surface area contributed by atoms with Crippen molar-refractivity contribution in [2.45, 2.75) is 19.9 Å². The zero-order valence-corrected chi connectivity index (χ0v) is 10.6. The normalized spacial score (nSPS) is 18.3. The van der Waals surface area contributed by atoms with Gasteiger partial charge in [-0.2, -0.15) is 0 Å². The van der Waals surface area contributed by atoms with Gasteiger partial charge in [-0.25, -0.2) is 4.79 Å². The summed E-state index contributed by atoms with van der Waals surface area (Å²) in [6.45, 7) is 3.64. The molecule has 0 spiro atoms. The van der Waals surface area contributed by atoms with Crippen LogP contribution in [0.15, 0.2) is 30.2 Å². The number of rotatable bonds is 2. The molecule has 5 nitrogen and oxygen atoms in total. The van der Waals surface area contributed by atoms with Crippen molar-refractivity contribution in [2.75, 3.05) is 7.05 Å². The van der Waals surface area contributed by atoms with E-state index in [0.29, 0.717) is 5.70 Å². The van der Waals surface area contributed by atoms with Crippen LogP contribution >= 0.6 is 0 Å². The largest absolute Gasteiger partial charge is 0.331 e. The van der Waals surface area contributed by atoms with Crippen LogP contribution in [-0.4, -0.2) is 39.8 Å². The first-order valence-electron chi connectivity index (χ1n) is 5.75. The number of pyridine rings is 1. The molecule has 18 heavy (non-hydrogen) atoms. The second-order valence-electron chi connectivity index (χ2n) is 4.42. The van der Waals surface area contributed by atoms with Crippen LogP contribution < -0.4 is 0 Å². The minimum absolute atomic E-state index is 0.143. The van der Waals surface area contributed by atoms with Crippen molar-refractivity contribution in [1.29, 1.82) is 0 Å². The Labute approximate surface area is 106 Å². The molecule has 94 valence electrons. The minimum atomic E-state index is -0.282. The molecule has 0 aromatic carbocycles. The van der Waals surface area contributed by atoms with Crippen LogP contribution in [0, 0.1) is 0 Å². The van der Waals surface area contributed by atoms with Crippen LogP contribution in [0.2, 0.25) is 0 Å². The van der Waals surface area contributed by atoms with E-state index in [2.05, 4.69) is 4.98 Å². The summed E-state index contributed by atoms with van der Waals surface area (Å²) in [5, 5.41) is 0. The topological polar surface area (TPSA) is 53.5 Å². The Kier molecular flexibility index (Phi) is 3.14. The van der Waals surface area contributed by atoms with E-state index in [1.54, 1.807) is 37.7 Å².